The van der Waals surface area contributed by atoms with Crippen LogP contribution in [-0.4, -0.2) is 36.2 Å². The summed E-state index contributed by atoms with van der Waals surface area (Å²) in [5, 5.41) is 14.4. The lowest BCUT2D eigenvalue weighted by Crippen LogP contribution is -2.44. The van der Waals surface area contributed by atoms with Crippen molar-refractivity contribution in [2.24, 2.45) is 0 Å². The van der Waals surface area contributed by atoms with Gasteiger partial charge < -0.3 is 10.4 Å². The van der Waals surface area contributed by atoms with Crippen LogP contribution in [0.4, 0.5) is 0 Å². The normalized spacial score (nSPS) is 18.9. The van der Waals surface area contributed by atoms with Gasteiger partial charge in [0.15, 0.2) is 0 Å². The first-order valence-corrected chi connectivity index (χ1v) is 8.84. The summed E-state index contributed by atoms with van der Waals surface area (Å²) in [4.78, 5) is 2.46. The van der Waals surface area contributed by atoms with Crippen molar-refractivity contribution in [2.45, 2.75) is 65.3 Å². The van der Waals surface area contributed by atoms with E-state index in [9.17, 15) is 5.11 Å². The number of piperazine rings is 1. The van der Waals surface area contributed by atoms with E-state index < -0.39 is 0 Å². The first kappa shape index (κ1) is 18.3. The number of aromatic hydroxyl groups is 1. The summed E-state index contributed by atoms with van der Waals surface area (Å²) in [5.41, 5.74) is 3.44. The highest BCUT2D eigenvalue weighted by Crippen LogP contribution is 2.41. The minimum absolute atomic E-state index is 0.0662. The largest absolute Gasteiger partial charge is 0.507 e. The topological polar surface area (TPSA) is 35.5 Å². The van der Waals surface area contributed by atoms with Gasteiger partial charge >= 0.3 is 0 Å². The molecule has 1 fully saturated rings. The molecule has 23 heavy (non-hydrogen) atoms. The molecule has 1 aliphatic rings. The van der Waals surface area contributed by atoms with Gasteiger partial charge in [-0.2, -0.15) is 0 Å². The summed E-state index contributed by atoms with van der Waals surface area (Å²) in [6, 6.07) is 4.65. The lowest BCUT2D eigenvalue weighted by Gasteiger charge is -2.35. The summed E-state index contributed by atoms with van der Waals surface area (Å²) >= 11 is 0. The molecule has 0 aliphatic carbocycles. The van der Waals surface area contributed by atoms with Crippen molar-refractivity contribution < 1.29 is 5.11 Å². The average molecular weight is 319 g/mol. The molecule has 2 rings (SSSR count). The molecule has 0 aromatic heterocycles. The number of rotatable bonds is 2. The molecule has 1 aromatic carbocycles. The Labute approximate surface area is 142 Å². The maximum Gasteiger partial charge on any atom is 0.124 e. The molecule has 0 spiro atoms. The molecule has 130 valence electrons. The van der Waals surface area contributed by atoms with Gasteiger partial charge in [-0.15, -0.1) is 0 Å². The van der Waals surface area contributed by atoms with Crippen molar-refractivity contribution in [1.82, 2.24) is 10.2 Å². The number of phenolic OH excluding ortho intramolecular Hbond substituents is 1. The zero-order chi connectivity index (χ0) is 17.4. The SMILES string of the molecule is C[C@H](c1cc(C(C)(C)C)cc(C(C)(C)C)c1O)N1CCNCC1. The van der Waals surface area contributed by atoms with Crippen LogP contribution in [0, 0.1) is 0 Å². The molecule has 0 amide bonds. The van der Waals surface area contributed by atoms with E-state index in [1.54, 1.807) is 0 Å². The van der Waals surface area contributed by atoms with Crippen LogP contribution in [0.1, 0.15) is 71.2 Å². The number of hydrogen-bond acceptors (Lipinski definition) is 3. The van der Waals surface area contributed by atoms with Crippen molar-refractivity contribution in [3.05, 3.63) is 28.8 Å². The molecule has 0 bridgehead atoms. The van der Waals surface area contributed by atoms with E-state index in [1.165, 1.54) is 5.56 Å². The van der Waals surface area contributed by atoms with Gasteiger partial charge in [-0.05, 0) is 34.9 Å². The molecule has 1 aromatic rings. The number of benzene rings is 1. The van der Waals surface area contributed by atoms with E-state index >= 15 is 0 Å². The van der Waals surface area contributed by atoms with Crippen molar-refractivity contribution in [3.8, 4) is 5.75 Å². The van der Waals surface area contributed by atoms with Crippen molar-refractivity contribution in [1.29, 1.82) is 0 Å². The van der Waals surface area contributed by atoms with Gasteiger partial charge in [0.2, 0.25) is 0 Å². The highest BCUT2D eigenvalue weighted by atomic mass is 16.3. The van der Waals surface area contributed by atoms with Crippen LogP contribution in [-0.2, 0) is 10.8 Å². The molecule has 0 unspecified atom stereocenters. The van der Waals surface area contributed by atoms with Crippen molar-refractivity contribution in [2.75, 3.05) is 26.2 Å². The third-order valence-electron chi connectivity index (χ3n) is 4.96. The predicted octanol–water partition coefficient (Wildman–Crippen LogP) is 3.95. The summed E-state index contributed by atoms with van der Waals surface area (Å²) < 4.78 is 0. The number of phenols is 1. The van der Waals surface area contributed by atoms with Crippen LogP contribution < -0.4 is 5.32 Å². The lowest BCUT2D eigenvalue weighted by molar-refractivity contribution is 0.182. The van der Waals surface area contributed by atoms with Gasteiger partial charge in [0, 0.05) is 37.8 Å². The first-order valence-electron chi connectivity index (χ1n) is 8.84. The van der Waals surface area contributed by atoms with E-state index in [2.05, 4.69) is 70.8 Å². The predicted molar refractivity (Wildman–Crippen MR) is 98.4 cm³/mol. The van der Waals surface area contributed by atoms with E-state index in [0.29, 0.717) is 5.75 Å². The smallest absolute Gasteiger partial charge is 0.124 e. The van der Waals surface area contributed by atoms with Gasteiger partial charge in [0.25, 0.3) is 0 Å². The third kappa shape index (κ3) is 4.07. The minimum Gasteiger partial charge on any atom is -0.507 e. The summed E-state index contributed by atoms with van der Waals surface area (Å²) in [7, 11) is 0. The third-order valence-corrected chi connectivity index (χ3v) is 4.96. The molecule has 0 radical (unpaired) electrons. The molecule has 1 heterocycles. The Morgan fingerprint density at radius 2 is 1.57 bits per heavy atom. The van der Waals surface area contributed by atoms with Crippen LogP contribution in [0.15, 0.2) is 12.1 Å². The highest BCUT2D eigenvalue weighted by Gasteiger charge is 2.28. The van der Waals surface area contributed by atoms with Gasteiger partial charge in [-0.25, -0.2) is 0 Å². The van der Waals surface area contributed by atoms with Crippen LogP contribution in [0.3, 0.4) is 0 Å². The molecule has 3 nitrogen and oxygen atoms in total. The van der Waals surface area contributed by atoms with Gasteiger partial charge in [0.05, 0.1) is 0 Å². The maximum absolute atomic E-state index is 11.0. The van der Waals surface area contributed by atoms with E-state index in [1.807, 2.05) is 0 Å². The Hall–Kier alpha value is -1.06. The summed E-state index contributed by atoms with van der Waals surface area (Å²) in [6.45, 7) is 19.6. The lowest BCUT2D eigenvalue weighted by atomic mass is 9.78. The Morgan fingerprint density at radius 3 is 2.04 bits per heavy atom. The molecule has 3 heteroatoms. The molecule has 1 atom stereocenters. The van der Waals surface area contributed by atoms with E-state index in [0.717, 1.165) is 37.3 Å². The quantitative estimate of drug-likeness (QED) is 0.866. The molecule has 1 aliphatic heterocycles. The minimum atomic E-state index is -0.0662. The van der Waals surface area contributed by atoms with Crippen LogP contribution in [0.5, 0.6) is 5.75 Å². The molecule has 2 N–H and O–H groups in total. The van der Waals surface area contributed by atoms with Crippen molar-refractivity contribution in [3.63, 3.8) is 0 Å². The number of nitrogens with zero attached hydrogens (tertiary/aromatic N) is 1. The first-order chi connectivity index (χ1) is 10.5. The second kappa shape index (κ2) is 6.45. The second-order valence-electron chi connectivity index (χ2n) is 8.92. The fourth-order valence-electron chi connectivity index (χ4n) is 3.25. The Kier molecular flexibility index (Phi) is 5.12. The molecule has 1 saturated heterocycles. The van der Waals surface area contributed by atoms with Crippen LogP contribution in [0.2, 0.25) is 0 Å². The van der Waals surface area contributed by atoms with E-state index in [-0.39, 0.29) is 16.9 Å². The Morgan fingerprint density at radius 1 is 1.00 bits per heavy atom. The molecule has 0 saturated carbocycles. The fraction of sp³-hybridized carbons (Fsp3) is 0.700. The second-order valence-corrected chi connectivity index (χ2v) is 8.92. The molecular weight excluding hydrogens is 284 g/mol. The summed E-state index contributed by atoms with van der Waals surface area (Å²) in [6.07, 6.45) is 0. The fourth-order valence-corrected chi connectivity index (χ4v) is 3.25. The monoisotopic (exact) mass is 318 g/mol. The summed E-state index contributed by atoms with van der Waals surface area (Å²) in [5.74, 6) is 0.483. The van der Waals surface area contributed by atoms with Gasteiger partial charge in [-0.3, -0.25) is 4.90 Å². The van der Waals surface area contributed by atoms with E-state index in [4.69, 9.17) is 0 Å². The maximum atomic E-state index is 11.0. The number of hydrogen-bond donors (Lipinski definition) is 2. The number of nitrogens with one attached hydrogen (secondary N) is 1. The zero-order valence-corrected chi connectivity index (χ0v) is 16.0. The van der Waals surface area contributed by atoms with Crippen LogP contribution in [0.25, 0.3) is 0 Å². The molecular formula is C20H34N2O. The van der Waals surface area contributed by atoms with Crippen molar-refractivity contribution >= 4 is 0 Å². The van der Waals surface area contributed by atoms with Gasteiger partial charge in [-0.1, -0.05) is 47.6 Å². The Balaban J connectivity index is 2.52. The average Bonchev–Trinajstić information content (AvgIpc) is 2.45. The Bertz CT molecular complexity index is 546. The standard InChI is InChI=1S/C20H34N2O/c1-14(22-10-8-21-9-11-22)16-12-15(19(2,3)4)13-17(18(16)23)20(5,6)7/h12-14,21,23H,8-11H2,1-7H3/t14-/m1/s1. The van der Waals surface area contributed by atoms with Gasteiger partial charge in [0.1, 0.15) is 5.75 Å². The zero-order valence-electron chi connectivity index (χ0n) is 16.0. The highest BCUT2D eigenvalue weighted by molar-refractivity contribution is 5.50. The van der Waals surface area contributed by atoms with Crippen LogP contribution >= 0.6 is 0 Å².